The molecule has 2 aliphatic rings. The van der Waals surface area contributed by atoms with Crippen molar-refractivity contribution in [2.45, 2.75) is 6.54 Å². The number of hydrogen-bond donors (Lipinski definition) is 0. The molecule has 0 atom stereocenters. The number of carbonyl (C=O) groups is 1. The largest absolute Gasteiger partial charge is 1.00 e. The monoisotopic (exact) mass is 259 g/mol. The number of rotatable bonds is 1. The van der Waals surface area contributed by atoms with Crippen molar-refractivity contribution in [3.8, 4) is 0 Å². The summed E-state index contributed by atoms with van der Waals surface area (Å²) in [6, 6.07) is 0. The first kappa shape index (κ1) is 12.8. The van der Waals surface area contributed by atoms with Crippen LogP contribution in [0.15, 0.2) is 16.0 Å². The van der Waals surface area contributed by atoms with Gasteiger partial charge in [0.25, 0.3) is 5.95 Å². The van der Waals surface area contributed by atoms with Crippen molar-refractivity contribution in [1.29, 1.82) is 0 Å². The van der Waals surface area contributed by atoms with Gasteiger partial charge in [-0.2, -0.15) is 4.98 Å². The minimum Gasteiger partial charge on any atom is -1.00 e. The second-order valence-corrected chi connectivity index (χ2v) is 4.61. The Morgan fingerprint density at radius 3 is 3.00 bits per heavy atom. The quantitative estimate of drug-likeness (QED) is 0.531. The fourth-order valence-electron chi connectivity index (χ4n) is 1.56. The molecular weight excluding hydrogens is 249 g/mol. The first-order valence-electron chi connectivity index (χ1n) is 4.76. The molecule has 8 heteroatoms. The van der Waals surface area contributed by atoms with Gasteiger partial charge in [-0.3, -0.25) is 4.79 Å². The average Bonchev–Trinajstić information content (AvgIpc) is 2.80. The van der Waals surface area contributed by atoms with Gasteiger partial charge in [0.1, 0.15) is 5.71 Å². The molecule has 3 rings (SSSR count). The van der Waals surface area contributed by atoms with E-state index in [1.807, 2.05) is 24.4 Å². The molecule has 0 bridgehead atoms. The van der Waals surface area contributed by atoms with Gasteiger partial charge in [0.2, 0.25) is 11.1 Å². The fourth-order valence-corrected chi connectivity index (χ4v) is 2.28. The summed E-state index contributed by atoms with van der Waals surface area (Å²) in [5.74, 6) is 1.12. The van der Waals surface area contributed by atoms with Gasteiger partial charge >= 0.3 is 29.6 Å². The number of allylic oxidation sites excluding steroid dienone is 1. The van der Waals surface area contributed by atoms with E-state index in [0.717, 1.165) is 5.57 Å². The van der Waals surface area contributed by atoms with E-state index in [0.29, 0.717) is 24.2 Å². The van der Waals surface area contributed by atoms with Gasteiger partial charge < -0.3 is 6.33 Å². The van der Waals surface area contributed by atoms with Gasteiger partial charge in [-0.1, -0.05) is 11.8 Å². The smallest absolute Gasteiger partial charge is 1.00 e. The number of carbonyl (C=O) groups excluding carboxylic acids is 1. The molecule has 17 heavy (non-hydrogen) atoms. The number of anilines is 1. The summed E-state index contributed by atoms with van der Waals surface area (Å²) in [6.45, 7) is 0.577. The van der Waals surface area contributed by atoms with Gasteiger partial charge in [0.05, 0.1) is 6.54 Å². The molecule has 0 aliphatic carbocycles. The molecule has 0 saturated carbocycles. The number of aliphatic imine (C=N–C) groups is 1. The van der Waals surface area contributed by atoms with Crippen LogP contribution in [0.25, 0.3) is 0 Å². The van der Waals surface area contributed by atoms with Crippen molar-refractivity contribution >= 4 is 34.5 Å². The summed E-state index contributed by atoms with van der Waals surface area (Å²) in [5, 5.41) is 6.13. The predicted octanol–water partition coefficient (Wildman–Crippen LogP) is -2.30. The summed E-state index contributed by atoms with van der Waals surface area (Å²) >= 11 is 1.18. The molecule has 0 N–H and O–H groups in total. The van der Waals surface area contributed by atoms with E-state index in [1.165, 1.54) is 11.8 Å². The van der Waals surface area contributed by atoms with Gasteiger partial charge in [-0.25, -0.2) is 9.67 Å². The fraction of sp³-hybridized carbons (Fsp3) is 0.333. The third-order valence-electron chi connectivity index (χ3n) is 2.38. The SMILES string of the molecule is CN(C)c1nc2n(n1)CC1=CSC(=O)C1=N2.[H-].[Na+]. The van der Waals surface area contributed by atoms with Crippen molar-refractivity contribution in [3.63, 3.8) is 0 Å². The van der Waals surface area contributed by atoms with E-state index < -0.39 is 0 Å². The summed E-state index contributed by atoms with van der Waals surface area (Å²) in [7, 11) is 3.74. The minimum atomic E-state index is -0.00402. The van der Waals surface area contributed by atoms with Crippen LogP contribution >= 0.6 is 11.8 Å². The third-order valence-corrected chi connectivity index (χ3v) is 3.19. The molecule has 0 saturated heterocycles. The molecule has 0 radical (unpaired) electrons. The van der Waals surface area contributed by atoms with Crippen molar-refractivity contribution in [1.82, 2.24) is 14.8 Å². The number of thioether (sulfide) groups is 1. The Morgan fingerprint density at radius 2 is 2.29 bits per heavy atom. The van der Waals surface area contributed by atoms with Crippen LogP contribution in [0.3, 0.4) is 0 Å². The van der Waals surface area contributed by atoms with Crippen molar-refractivity contribution in [2.75, 3.05) is 19.0 Å². The van der Waals surface area contributed by atoms with Crippen LogP contribution < -0.4 is 34.5 Å². The zero-order chi connectivity index (χ0) is 11.3. The van der Waals surface area contributed by atoms with Crippen molar-refractivity contribution < 1.29 is 35.8 Å². The molecule has 1 aromatic heterocycles. The molecule has 0 unspecified atom stereocenters. The maximum absolute atomic E-state index is 11.5. The van der Waals surface area contributed by atoms with Crippen LogP contribution in [-0.2, 0) is 11.3 Å². The summed E-state index contributed by atoms with van der Waals surface area (Å²) in [4.78, 5) is 21.8. The van der Waals surface area contributed by atoms with Crippen LogP contribution in [0.5, 0.6) is 0 Å². The Bertz CT molecular complexity index is 553. The molecular formula is C9H10N5NaOS. The number of nitrogens with zero attached hydrogens (tertiary/aromatic N) is 5. The Balaban J connectivity index is 0.000000810. The van der Waals surface area contributed by atoms with E-state index in [4.69, 9.17) is 0 Å². The molecule has 3 heterocycles. The predicted molar refractivity (Wildman–Crippen MR) is 63.2 cm³/mol. The number of fused-ring (bicyclic) bond motifs is 2. The van der Waals surface area contributed by atoms with Crippen LogP contribution in [0.2, 0.25) is 0 Å². The third kappa shape index (κ3) is 2.08. The van der Waals surface area contributed by atoms with Gasteiger partial charge in [0, 0.05) is 19.7 Å². The van der Waals surface area contributed by atoms with Crippen molar-refractivity contribution in [2.24, 2.45) is 4.99 Å². The number of hydrogen-bond acceptors (Lipinski definition) is 6. The Labute approximate surface area is 126 Å². The van der Waals surface area contributed by atoms with Crippen molar-refractivity contribution in [3.05, 3.63) is 11.0 Å². The minimum absolute atomic E-state index is 0. The number of aromatic nitrogens is 3. The summed E-state index contributed by atoms with van der Waals surface area (Å²) in [5.41, 5.74) is 1.45. The van der Waals surface area contributed by atoms with E-state index in [1.54, 1.807) is 4.68 Å². The van der Waals surface area contributed by atoms with E-state index in [-0.39, 0.29) is 36.1 Å². The Morgan fingerprint density at radius 1 is 1.53 bits per heavy atom. The first-order chi connectivity index (χ1) is 7.65. The standard InChI is InChI=1S/C9H9N5OS.Na.H/c1-13(2)9-11-8-10-6-5(3-14(8)12-9)4-16-7(6)15;;/h4H,3H2,1-2H3;;/q;+1;-1. The first-order valence-corrected chi connectivity index (χ1v) is 5.64. The average molecular weight is 259 g/mol. The van der Waals surface area contributed by atoms with E-state index in [2.05, 4.69) is 15.1 Å². The molecule has 6 nitrogen and oxygen atoms in total. The Kier molecular flexibility index (Phi) is 3.44. The molecule has 2 aliphatic heterocycles. The maximum atomic E-state index is 11.5. The summed E-state index contributed by atoms with van der Waals surface area (Å²) < 4.78 is 1.71. The molecule has 0 amide bonds. The van der Waals surface area contributed by atoms with Crippen LogP contribution in [0.4, 0.5) is 11.9 Å². The maximum Gasteiger partial charge on any atom is 1.00 e. The second-order valence-electron chi connectivity index (χ2n) is 3.77. The van der Waals surface area contributed by atoms with Gasteiger partial charge in [-0.15, -0.1) is 5.10 Å². The topological polar surface area (TPSA) is 63.4 Å². The second kappa shape index (κ2) is 4.56. The Hall–Kier alpha value is -0.630. The molecule has 1 aromatic rings. The zero-order valence-corrected chi connectivity index (χ0v) is 12.7. The van der Waals surface area contributed by atoms with Gasteiger partial charge in [0.15, 0.2) is 0 Å². The molecule has 0 aromatic carbocycles. The van der Waals surface area contributed by atoms with Crippen LogP contribution in [0, 0.1) is 0 Å². The molecule has 0 spiro atoms. The zero-order valence-electron chi connectivity index (χ0n) is 10.8. The van der Waals surface area contributed by atoms with E-state index in [9.17, 15) is 4.79 Å². The van der Waals surface area contributed by atoms with E-state index >= 15 is 0 Å². The van der Waals surface area contributed by atoms with Gasteiger partial charge in [-0.05, 0) is 5.41 Å². The molecule has 0 fully saturated rings. The van der Waals surface area contributed by atoms with Crippen LogP contribution in [0.1, 0.15) is 1.43 Å². The molecule has 84 valence electrons. The normalized spacial score (nSPS) is 16.7. The van der Waals surface area contributed by atoms with Crippen LogP contribution in [-0.4, -0.2) is 39.7 Å². The summed E-state index contributed by atoms with van der Waals surface area (Å²) in [6.07, 6.45) is 0.